The van der Waals surface area contributed by atoms with Crippen molar-refractivity contribution in [2.45, 2.75) is 6.54 Å². The van der Waals surface area contributed by atoms with Gasteiger partial charge in [-0.2, -0.15) is 0 Å². The SMILES string of the molecule is CN(Cc1cccc(F)c1Br)c1ccccc1. The molecule has 0 saturated heterocycles. The highest BCUT2D eigenvalue weighted by atomic mass is 79.9. The molecule has 0 atom stereocenters. The number of benzene rings is 2. The van der Waals surface area contributed by atoms with Crippen molar-refractivity contribution in [3.05, 3.63) is 64.4 Å². The molecule has 2 rings (SSSR count). The van der Waals surface area contributed by atoms with Gasteiger partial charge in [-0.3, -0.25) is 0 Å². The third kappa shape index (κ3) is 2.86. The zero-order valence-electron chi connectivity index (χ0n) is 9.53. The van der Waals surface area contributed by atoms with Gasteiger partial charge in [0.05, 0.1) is 4.47 Å². The lowest BCUT2D eigenvalue weighted by molar-refractivity contribution is 0.617. The molecule has 0 aromatic heterocycles. The van der Waals surface area contributed by atoms with Crippen LogP contribution in [0.3, 0.4) is 0 Å². The molecule has 0 amide bonds. The van der Waals surface area contributed by atoms with Crippen LogP contribution in [0.5, 0.6) is 0 Å². The zero-order valence-corrected chi connectivity index (χ0v) is 11.1. The van der Waals surface area contributed by atoms with E-state index in [1.165, 1.54) is 6.07 Å². The molecular weight excluding hydrogens is 281 g/mol. The van der Waals surface area contributed by atoms with E-state index in [1.807, 2.05) is 43.4 Å². The lowest BCUT2D eigenvalue weighted by Crippen LogP contribution is -2.16. The summed E-state index contributed by atoms with van der Waals surface area (Å²) in [5.74, 6) is -0.219. The molecule has 2 aromatic carbocycles. The van der Waals surface area contributed by atoms with Gasteiger partial charge in [-0.25, -0.2) is 4.39 Å². The smallest absolute Gasteiger partial charge is 0.137 e. The Morgan fingerprint density at radius 1 is 1.06 bits per heavy atom. The summed E-state index contributed by atoms with van der Waals surface area (Å²) >= 11 is 3.28. The summed E-state index contributed by atoms with van der Waals surface area (Å²) in [5, 5.41) is 0. The van der Waals surface area contributed by atoms with Crippen molar-refractivity contribution < 1.29 is 4.39 Å². The van der Waals surface area contributed by atoms with Gasteiger partial charge in [0.1, 0.15) is 5.82 Å². The molecule has 0 unspecified atom stereocenters. The number of rotatable bonds is 3. The first-order valence-corrected chi connectivity index (χ1v) is 6.17. The Kier molecular flexibility index (Phi) is 3.79. The molecule has 3 heteroatoms. The summed E-state index contributed by atoms with van der Waals surface area (Å²) < 4.78 is 13.9. The monoisotopic (exact) mass is 293 g/mol. The van der Waals surface area contributed by atoms with Crippen LogP contribution in [0.25, 0.3) is 0 Å². The standard InChI is InChI=1S/C14H13BrFN/c1-17(12-7-3-2-4-8-12)10-11-6-5-9-13(16)14(11)15/h2-9H,10H2,1H3. The third-order valence-corrected chi connectivity index (χ3v) is 3.52. The highest BCUT2D eigenvalue weighted by Gasteiger charge is 2.07. The minimum absolute atomic E-state index is 0.219. The predicted octanol–water partition coefficient (Wildman–Crippen LogP) is 4.22. The van der Waals surface area contributed by atoms with Crippen LogP contribution < -0.4 is 4.90 Å². The Morgan fingerprint density at radius 3 is 2.47 bits per heavy atom. The van der Waals surface area contributed by atoms with Crippen LogP contribution in [-0.4, -0.2) is 7.05 Å². The van der Waals surface area contributed by atoms with Gasteiger partial charge in [0.15, 0.2) is 0 Å². The van der Waals surface area contributed by atoms with Crippen molar-refractivity contribution in [1.29, 1.82) is 0 Å². The fourth-order valence-corrected chi connectivity index (χ4v) is 2.09. The molecule has 88 valence electrons. The third-order valence-electron chi connectivity index (χ3n) is 2.64. The average molecular weight is 294 g/mol. The van der Waals surface area contributed by atoms with Crippen molar-refractivity contribution in [2.24, 2.45) is 0 Å². The van der Waals surface area contributed by atoms with Gasteiger partial charge in [-0.05, 0) is 39.7 Å². The largest absolute Gasteiger partial charge is 0.370 e. The number of halogens is 2. The number of hydrogen-bond acceptors (Lipinski definition) is 1. The fourth-order valence-electron chi connectivity index (χ4n) is 1.70. The van der Waals surface area contributed by atoms with E-state index in [0.717, 1.165) is 11.3 Å². The van der Waals surface area contributed by atoms with Crippen LogP contribution in [0.1, 0.15) is 5.56 Å². The number of nitrogens with zero attached hydrogens (tertiary/aromatic N) is 1. The molecule has 0 fully saturated rings. The molecule has 0 heterocycles. The van der Waals surface area contributed by atoms with Gasteiger partial charge in [0, 0.05) is 19.3 Å². The average Bonchev–Trinajstić information content (AvgIpc) is 2.36. The zero-order chi connectivity index (χ0) is 12.3. The van der Waals surface area contributed by atoms with Gasteiger partial charge in [-0.1, -0.05) is 30.3 Å². The highest BCUT2D eigenvalue weighted by Crippen LogP contribution is 2.23. The summed E-state index contributed by atoms with van der Waals surface area (Å²) in [6, 6.07) is 15.1. The Morgan fingerprint density at radius 2 is 1.76 bits per heavy atom. The van der Waals surface area contributed by atoms with Crippen molar-refractivity contribution in [3.8, 4) is 0 Å². The maximum Gasteiger partial charge on any atom is 0.137 e. The molecule has 0 bridgehead atoms. The molecule has 0 aliphatic carbocycles. The van der Waals surface area contributed by atoms with Crippen LogP contribution in [0, 0.1) is 5.82 Å². The first-order valence-electron chi connectivity index (χ1n) is 5.37. The van der Waals surface area contributed by atoms with Gasteiger partial charge >= 0.3 is 0 Å². The maximum absolute atomic E-state index is 13.4. The Bertz CT molecular complexity index is 499. The summed E-state index contributed by atoms with van der Waals surface area (Å²) in [4.78, 5) is 2.08. The van der Waals surface area contributed by atoms with Crippen LogP contribution >= 0.6 is 15.9 Å². The number of para-hydroxylation sites is 1. The van der Waals surface area contributed by atoms with Crippen molar-refractivity contribution in [1.82, 2.24) is 0 Å². The summed E-state index contributed by atoms with van der Waals surface area (Å²) in [6.45, 7) is 0.669. The molecule has 0 radical (unpaired) electrons. The molecule has 2 aromatic rings. The van der Waals surface area contributed by atoms with E-state index in [0.29, 0.717) is 11.0 Å². The van der Waals surface area contributed by atoms with E-state index in [9.17, 15) is 4.39 Å². The van der Waals surface area contributed by atoms with E-state index in [4.69, 9.17) is 0 Å². The van der Waals surface area contributed by atoms with Gasteiger partial charge in [-0.15, -0.1) is 0 Å². The summed E-state index contributed by atoms with van der Waals surface area (Å²) in [6.07, 6.45) is 0. The summed E-state index contributed by atoms with van der Waals surface area (Å²) in [5.41, 5.74) is 2.06. The highest BCUT2D eigenvalue weighted by molar-refractivity contribution is 9.10. The Hall–Kier alpha value is -1.35. The normalized spacial score (nSPS) is 10.3. The van der Waals surface area contributed by atoms with E-state index in [2.05, 4.69) is 20.8 Å². The Balaban J connectivity index is 2.19. The molecule has 0 aliphatic rings. The lowest BCUT2D eigenvalue weighted by Gasteiger charge is -2.20. The van der Waals surface area contributed by atoms with Crippen LogP contribution in [0.2, 0.25) is 0 Å². The van der Waals surface area contributed by atoms with Crippen molar-refractivity contribution >= 4 is 21.6 Å². The maximum atomic E-state index is 13.4. The van der Waals surface area contributed by atoms with Crippen LogP contribution in [0.4, 0.5) is 10.1 Å². The van der Waals surface area contributed by atoms with Crippen molar-refractivity contribution in [2.75, 3.05) is 11.9 Å². The molecule has 1 nitrogen and oxygen atoms in total. The number of anilines is 1. The van der Waals surface area contributed by atoms with E-state index >= 15 is 0 Å². The minimum Gasteiger partial charge on any atom is -0.370 e. The van der Waals surface area contributed by atoms with Crippen LogP contribution in [0.15, 0.2) is 53.0 Å². The van der Waals surface area contributed by atoms with Crippen molar-refractivity contribution in [3.63, 3.8) is 0 Å². The second-order valence-electron chi connectivity index (χ2n) is 3.90. The molecule has 0 aliphatic heterocycles. The first-order chi connectivity index (χ1) is 8.18. The summed E-state index contributed by atoms with van der Waals surface area (Å²) in [7, 11) is 1.99. The van der Waals surface area contributed by atoms with Gasteiger partial charge < -0.3 is 4.90 Å². The molecular formula is C14H13BrFN. The van der Waals surface area contributed by atoms with E-state index in [-0.39, 0.29) is 5.82 Å². The topological polar surface area (TPSA) is 3.24 Å². The minimum atomic E-state index is -0.219. The van der Waals surface area contributed by atoms with E-state index < -0.39 is 0 Å². The second-order valence-corrected chi connectivity index (χ2v) is 4.70. The number of hydrogen-bond donors (Lipinski definition) is 0. The first kappa shape index (κ1) is 12.1. The molecule has 17 heavy (non-hydrogen) atoms. The lowest BCUT2D eigenvalue weighted by atomic mass is 10.2. The van der Waals surface area contributed by atoms with E-state index in [1.54, 1.807) is 6.07 Å². The predicted molar refractivity (Wildman–Crippen MR) is 72.6 cm³/mol. The second kappa shape index (κ2) is 5.32. The van der Waals surface area contributed by atoms with Crippen LogP contribution in [-0.2, 0) is 6.54 Å². The van der Waals surface area contributed by atoms with Gasteiger partial charge in [0.25, 0.3) is 0 Å². The molecule has 0 saturated carbocycles. The fraction of sp³-hybridized carbons (Fsp3) is 0.143. The molecule has 0 N–H and O–H groups in total. The Labute approximate surface area is 109 Å². The van der Waals surface area contributed by atoms with Gasteiger partial charge in [0.2, 0.25) is 0 Å². The quantitative estimate of drug-likeness (QED) is 0.819. The molecule has 0 spiro atoms.